The average Bonchev–Trinajstić information content (AvgIpc) is 3.43. The van der Waals surface area contributed by atoms with Crippen molar-refractivity contribution >= 4 is 33.9 Å². The summed E-state index contributed by atoms with van der Waals surface area (Å²) in [6, 6.07) is 3.46. The number of amides is 1. The van der Waals surface area contributed by atoms with Crippen LogP contribution in [0.25, 0.3) is 16.9 Å². The number of thiophene rings is 1. The Balaban J connectivity index is 1.70. The normalized spacial score (nSPS) is 11.2. The Bertz CT molecular complexity index is 1330. The molecule has 0 aliphatic rings. The van der Waals surface area contributed by atoms with E-state index < -0.39 is 11.9 Å². The van der Waals surface area contributed by atoms with Gasteiger partial charge in [0.2, 0.25) is 0 Å². The topological polar surface area (TPSA) is 103 Å². The number of esters is 1. The number of hydrogen-bond acceptors (Lipinski definition) is 7. The molecular formula is C22H24N6O3S. The van der Waals surface area contributed by atoms with E-state index in [-0.39, 0.29) is 12.3 Å². The van der Waals surface area contributed by atoms with Gasteiger partial charge in [-0.1, -0.05) is 0 Å². The summed E-state index contributed by atoms with van der Waals surface area (Å²) >= 11 is 1.34. The Kier molecular flexibility index (Phi) is 5.79. The van der Waals surface area contributed by atoms with Crippen LogP contribution in [0.4, 0.5) is 5.00 Å². The van der Waals surface area contributed by atoms with Crippen LogP contribution in [0.5, 0.6) is 0 Å². The maximum Gasteiger partial charge on any atom is 0.341 e. The number of anilines is 1. The van der Waals surface area contributed by atoms with Gasteiger partial charge in [-0.05, 0) is 46.2 Å². The second-order valence-electron chi connectivity index (χ2n) is 7.25. The molecule has 0 aliphatic heterocycles. The van der Waals surface area contributed by atoms with Crippen LogP contribution in [-0.2, 0) is 11.3 Å². The first-order valence-corrected chi connectivity index (χ1v) is 11.1. The summed E-state index contributed by atoms with van der Waals surface area (Å²) < 4.78 is 8.70. The Morgan fingerprint density at radius 2 is 2.00 bits per heavy atom. The fourth-order valence-corrected chi connectivity index (χ4v) is 4.60. The van der Waals surface area contributed by atoms with Gasteiger partial charge in [-0.25, -0.2) is 14.3 Å². The van der Waals surface area contributed by atoms with Gasteiger partial charge in [0.1, 0.15) is 5.00 Å². The van der Waals surface area contributed by atoms with Gasteiger partial charge in [0.05, 0.1) is 24.1 Å². The Labute approximate surface area is 189 Å². The fraction of sp³-hybridized carbons (Fsp3) is 0.318. The maximum absolute atomic E-state index is 13.0. The number of carbonyl (C=O) groups is 2. The number of ether oxygens (including phenoxy) is 1. The van der Waals surface area contributed by atoms with Crippen molar-refractivity contribution in [2.75, 3.05) is 11.9 Å². The third-order valence-electron chi connectivity index (χ3n) is 5.36. The maximum atomic E-state index is 13.0. The number of aromatic nitrogens is 5. The molecule has 166 valence electrons. The Morgan fingerprint density at radius 1 is 1.22 bits per heavy atom. The van der Waals surface area contributed by atoms with E-state index in [1.807, 2.05) is 38.4 Å². The number of fused-ring (bicyclic) bond motifs is 1. The zero-order valence-electron chi connectivity index (χ0n) is 18.6. The van der Waals surface area contributed by atoms with Gasteiger partial charge in [-0.15, -0.1) is 11.3 Å². The number of aryl methyl sites for hydroxylation is 2. The van der Waals surface area contributed by atoms with Crippen LogP contribution in [0, 0.1) is 20.8 Å². The molecule has 0 unspecified atom stereocenters. The van der Waals surface area contributed by atoms with E-state index in [0.29, 0.717) is 16.2 Å². The first-order valence-electron chi connectivity index (χ1n) is 10.3. The molecule has 10 heteroatoms. The van der Waals surface area contributed by atoms with Crippen LogP contribution in [0.1, 0.15) is 50.8 Å². The highest BCUT2D eigenvalue weighted by Gasteiger charge is 2.24. The van der Waals surface area contributed by atoms with Gasteiger partial charge in [-0.3, -0.25) is 9.48 Å². The fourth-order valence-electron chi connectivity index (χ4n) is 3.56. The zero-order valence-corrected chi connectivity index (χ0v) is 19.4. The van der Waals surface area contributed by atoms with Crippen LogP contribution in [0.15, 0.2) is 24.5 Å². The SMILES string of the molecule is CCOC(=O)c1c(NC(=O)c2cc3nccc(-c4cnn(CC)c4C)n3n2)sc(C)c1C. The molecule has 0 spiro atoms. The molecular weight excluding hydrogens is 428 g/mol. The second-order valence-corrected chi connectivity index (χ2v) is 8.48. The lowest BCUT2D eigenvalue weighted by Gasteiger charge is -2.06. The number of nitrogens with one attached hydrogen (secondary N) is 1. The molecule has 0 saturated heterocycles. The van der Waals surface area contributed by atoms with Crippen LogP contribution >= 0.6 is 11.3 Å². The molecule has 32 heavy (non-hydrogen) atoms. The van der Waals surface area contributed by atoms with Gasteiger partial charge in [0.15, 0.2) is 11.3 Å². The highest BCUT2D eigenvalue weighted by Crippen LogP contribution is 2.33. The van der Waals surface area contributed by atoms with Crippen molar-refractivity contribution < 1.29 is 14.3 Å². The highest BCUT2D eigenvalue weighted by molar-refractivity contribution is 7.16. The minimum Gasteiger partial charge on any atom is -0.462 e. The van der Waals surface area contributed by atoms with Crippen molar-refractivity contribution in [3.8, 4) is 11.3 Å². The minimum absolute atomic E-state index is 0.198. The van der Waals surface area contributed by atoms with Crippen LogP contribution in [-0.4, -0.2) is 42.9 Å². The van der Waals surface area contributed by atoms with Crippen molar-refractivity contribution in [3.63, 3.8) is 0 Å². The largest absolute Gasteiger partial charge is 0.462 e. The standard InChI is InChI=1S/C22H24N6O3S/c1-6-27-13(4)15(11-24-27)17-8-9-23-18-10-16(26-28(17)18)20(29)25-21-19(22(30)31-7-2)12(3)14(5)32-21/h8-11H,6-7H2,1-5H3,(H,25,29). The second kappa shape index (κ2) is 8.54. The summed E-state index contributed by atoms with van der Waals surface area (Å²) in [6.45, 7) is 10.5. The minimum atomic E-state index is -0.452. The predicted molar refractivity (Wildman–Crippen MR) is 122 cm³/mol. The summed E-state index contributed by atoms with van der Waals surface area (Å²) in [7, 11) is 0. The monoisotopic (exact) mass is 452 g/mol. The number of carbonyl (C=O) groups excluding carboxylic acids is 2. The molecule has 4 aromatic heterocycles. The first-order chi connectivity index (χ1) is 15.3. The summed E-state index contributed by atoms with van der Waals surface area (Å²) in [6.07, 6.45) is 3.47. The van der Waals surface area contributed by atoms with E-state index in [9.17, 15) is 9.59 Å². The molecule has 1 N–H and O–H groups in total. The molecule has 0 aromatic carbocycles. The van der Waals surface area contributed by atoms with Crippen molar-refractivity contribution in [3.05, 3.63) is 51.9 Å². The van der Waals surface area contributed by atoms with Crippen molar-refractivity contribution in [1.82, 2.24) is 24.4 Å². The molecule has 1 amide bonds. The number of rotatable bonds is 6. The lowest BCUT2D eigenvalue weighted by Crippen LogP contribution is -2.15. The van der Waals surface area contributed by atoms with Crippen LogP contribution < -0.4 is 5.32 Å². The Morgan fingerprint density at radius 3 is 2.69 bits per heavy atom. The average molecular weight is 453 g/mol. The third-order valence-corrected chi connectivity index (χ3v) is 6.48. The van der Waals surface area contributed by atoms with Crippen LogP contribution in [0.2, 0.25) is 0 Å². The van der Waals surface area contributed by atoms with E-state index in [4.69, 9.17) is 4.74 Å². The smallest absolute Gasteiger partial charge is 0.341 e. The van der Waals surface area contributed by atoms with E-state index in [1.54, 1.807) is 29.9 Å². The molecule has 0 atom stereocenters. The molecule has 0 aliphatic carbocycles. The van der Waals surface area contributed by atoms with Crippen molar-refractivity contribution in [2.24, 2.45) is 0 Å². The molecule has 4 rings (SSSR count). The molecule has 9 nitrogen and oxygen atoms in total. The van der Waals surface area contributed by atoms with E-state index in [1.165, 1.54) is 11.3 Å². The quantitative estimate of drug-likeness (QED) is 0.443. The molecule has 0 fully saturated rings. The number of nitrogens with zero attached hydrogens (tertiary/aromatic N) is 5. The lowest BCUT2D eigenvalue weighted by atomic mass is 10.1. The van der Waals surface area contributed by atoms with E-state index >= 15 is 0 Å². The number of hydrogen-bond donors (Lipinski definition) is 1. The highest BCUT2D eigenvalue weighted by atomic mass is 32.1. The van der Waals surface area contributed by atoms with Gasteiger partial charge in [0, 0.05) is 34.9 Å². The molecule has 0 bridgehead atoms. The van der Waals surface area contributed by atoms with Gasteiger partial charge in [0.25, 0.3) is 5.91 Å². The van der Waals surface area contributed by atoms with E-state index in [2.05, 4.69) is 20.5 Å². The lowest BCUT2D eigenvalue weighted by molar-refractivity contribution is 0.0527. The van der Waals surface area contributed by atoms with Crippen LogP contribution in [0.3, 0.4) is 0 Å². The summed E-state index contributed by atoms with van der Waals surface area (Å²) in [4.78, 5) is 30.7. The predicted octanol–water partition coefficient (Wildman–Crippen LogP) is 4.03. The van der Waals surface area contributed by atoms with E-state index in [0.717, 1.165) is 33.9 Å². The third kappa shape index (κ3) is 3.66. The molecule has 4 heterocycles. The zero-order chi connectivity index (χ0) is 23.0. The van der Waals surface area contributed by atoms with Gasteiger partial charge >= 0.3 is 5.97 Å². The Hall–Kier alpha value is -3.53. The van der Waals surface area contributed by atoms with Crippen molar-refractivity contribution in [2.45, 2.75) is 41.2 Å². The molecule has 0 saturated carbocycles. The summed E-state index contributed by atoms with van der Waals surface area (Å²) in [5, 5.41) is 12.2. The summed E-state index contributed by atoms with van der Waals surface area (Å²) in [5.74, 6) is -0.874. The molecule has 0 radical (unpaired) electrons. The van der Waals surface area contributed by atoms with Gasteiger partial charge in [-0.2, -0.15) is 10.2 Å². The summed E-state index contributed by atoms with van der Waals surface area (Å²) in [5.41, 5.74) is 4.64. The van der Waals surface area contributed by atoms with Crippen molar-refractivity contribution in [1.29, 1.82) is 0 Å². The molecule has 4 aromatic rings. The van der Waals surface area contributed by atoms with Gasteiger partial charge < -0.3 is 10.1 Å². The first kappa shape index (κ1) is 21.7.